The van der Waals surface area contributed by atoms with Crippen molar-refractivity contribution in [2.24, 2.45) is 0 Å². The standard InChI is InChI=1S/C8H14O3S/c1-2-11-7-8-5-3-4-6-12(8,9)10/h2,8H,1,3-7H2. The van der Waals surface area contributed by atoms with E-state index >= 15 is 0 Å². The normalized spacial score (nSPS) is 27.8. The molecule has 1 atom stereocenters. The smallest absolute Gasteiger partial charge is 0.156 e. The first-order chi connectivity index (χ1) is 5.67. The van der Waals surface area contributed by atoms with Crippen molar-refractivity contribution in [3.63, 3.8) is 0 Å². The SMILES string of the molecule is C=COCC1CCCCS1(=O)=O. The summed E-state index contributed by atoms with van der Waals surface area (Å²) in [5, 5.41) is -0.302. The average Bonchev–Trinajstić information content (AvgIpc) is 2.02. The van der Waals surface area contributed by atoms with E-state index < -0.39 is 9.84 Å². The van der Waals surface area contributed by atoms with Gasteiger partial charge in [-0.2, -0.15) is 0 Å². The molecule has 0 radical (unpaired) electrons. The van der Waals surface area contributed by atoms with Crippen LogP contribution in [0.3, 0.4) is 0 Å². The zero-order valence-corrected chi connectivity index (χ0v) is 7.85. The third kappa shape index (κ3) is 2.24. The Morgan fingerprint density at radius 2 is 2.25 bits per heavy atom. The van der Waals surface area contributed by atoms with Crippen LogP contribution in [0.1, 0.15) is 19.3 Å². The molecule has 0 aromatic rings. The van der Waals surface area contributed by atoms with Gasteiger partial charge in [0.25, 0.3) is 0 Å². The van der Waals surface area contributed by atoms with Gasteiger partial charge in [-0.1, -0.05) is 13.0 Å². The molecule has 0 N–H and O–H groups in total. The average molecular weight is 190 g/mol. The maximum atomic E-state index is 11.4. The lowest BCUT2D eigenvalue weighted by Gasteiger charge is -2.21. The highest BCUT2D eigenvalue weighted by atomic mass is 32.2. The largest absolute Gasteiger partial charge is 0.500 e. The molecule has 12 heavy (non-hydrogen) atoms. The van der Waals surface area contributed by atoms with Crippen molar-refractivity contribution in [2.75, 3.05) is 12.4 Å². The van der Waals surface area contributed by atoms with E-state index in [0.29, 0.717) is 5.75 Å². The second kappa shape index (κ2) is 3.94. The van der Waals surface area contributed by atoms with Crippen molar-refractivity contribution >= 4 is 9.84 Å². The van der Waals surface area contributed by atoms with Crippen LogP contribution in [-0.2, 0) is 14.6 Å². The molecule has 0 amide bonds. The van der Waals surface area contributed by atoms with Gasteiger partial charge in [0.1, 0.15) is 6.61 Å². The molecule has 3 nitrogen and oxygen atoms in total. The summed E-state index contributed by atoms with van der Waals surface area (Å²) in [6.07, 6.45) is 3.82. The molecule has 1 aliphatic heterocycles. The Bertz CT molecular complexity index is 243. The lowest BCUT2D eigenvalue weighted by atomic mass is 10.2. The third-order valence-electron chi connectivity index (χ3n) is 2.11. The summed E-state index contributed by atoms with van der Waals surface area (Å²) in [6.45, 7) is 3.65. The molecule has 70 valence electrons. The summed E-state index contributed by atoms with van der Waals surface area (Å²) >= 11 is 0. The van der Waals surface area contributed by atoms with Crippen molar-refractivity contribution in [3.8, 4) is 0 Å². The Morgan fingerprint density at radius 3 is 2.83 bits per heavy atom. The maximum Gasteiger partial charge on any atom is 0.156 e. The first-order valence-corrected chi connectivity index (χ1v) is 5.82. The molecule has 1 unspecified atom stereocenters. The minimum absolute atomic E-state index is 0.270. The topological polar surface area (TPSA) is 43.4 Å². The molecule has 1 fully saturated rings. The quantitative estimate of drug-likeness (QED) is 0.626. The lowest BCUT2D eigenvalue weighted by molar-refractivity contribution is 0.241. The van der Waals surface area contributed by atoms with E-state index in [-0.39, 0.29) is 11.9 Å². The zero-order chi connectivity index (χ0) is 9.03. The molecule has 0 spiro atoms. The minimum atomic E-state index is -2.87. The molecule has 4 heteroatoms. The third-order valence-corrected chi connectivity index (χ3v) is 4.36. The fourth-order valence-electron chi connectivity index (χ4n) is 1.38. The van der Waals surface area contributed by atoms with E-state index in [0.717, 1.165) is 19.3 Å². The van der Waals surface area contributed by atoms with E-state index in [1.807, 2.05) is 0 Å². The molecule has 0 aliphatic carbocycles. The number of hydrogen-bond donors (Lipinski definition) is 0. The van der Waals surface area contributed by atoms with Crippen LogP contribution in [0, 0.1) is 0 Å². The van der Waals surface area contributed by atoms with Crippen LogP contribution in [0.2, 0.25) is 0 Å². The fraction of sp³-hybridized carbons (Fsp3) is 0.750. The Morgan fingerprint density at radius 1 is 1.50 bits per heavy atom. The monoisotopic (exact) mass is 190 g/mol. The van der Waals surface area contributed by atoms with E-state index in [2.05, 4.69) is 6.58 Å². The predicted molar refractivity (Wildman–Crippen MR) is 47.6 cm³/mol. The summed E-state index contributed by atoms with van der Waals surface area (Å²) in [6, 6.07) is 0. The van der Waals surface area contributed by atoms with Gasteiger partial charge >= 0.3 is 0 Å². The summed E-state index contributed by atoms with van der Waals surface area (Å²) < 4.78 is 27.6. The van der Waals surface area contributed by atoms with Crippen molar-refractivity contribution in [3.05, 3.63) is 12.8 Å². The number of ether oxygens (including phenoxy) is 1. The number of rotatable bonds is 3. The molecule has 1 saturated heterocycles. The van der Waals surface area contributed by atoms with E-state index in [1.165, 1.54) is 6.26 Å². The molecule has 1 heterocycles. The van der Waals surface area contributed by atoms with Gasteiger partial charge in [0.2, 0.25) is 0 Å². The van der Waals surface area contributed by atoms with Crippen molar-refractivity contribution in [1.82, 2.24) is 0 Å². The molecular weight excluding hydrogens is 176 g/mol. The Kier molecular flexibility index (Phi) is 3.14. The van der Waals surface area contributed by atoms with Gasteiger partial charge in [0.05, 0.1) is 17.3 Å². The lowest BCUT2D eigenvalue weighted by Crippen LogP contribution is -2.31. The van der Waals surface area contributed by atoms with E-state index in [1.54, 1.807) is 0 Å². The van der Waals surface area contributed by atoms with Crippen LogP contribution in [0.4, 0.5) is 0 Å². The van der Waals surface area contributed by atoms with Gasteiger partial charge < -0.3 is 4.74 Å². The number of sulfone groups is 1. The molecular formula is C8H14O3S. The zero-order valence-electron chi connectivity index (χ0n) is 7.03. The summed E-state index contributed by atoms with van der Waals surface area (Å²) in [4.78, 5) is 0. The van der Waals surface area contributed by atoms with E-state index in [4.69, 9.17) is 4.74 Å². The Hall–Kier alpha value is -0.510. The first-order valence-electron chi connectivity index (χ1n) is 4.11. The summed E-state index contributed by atoms with van der Waals surface area (Å²) in [5.41, 5.74) is 0. The van der Waals surface area contributed by atoms with Gasteiger partial charge in [0.15, 0.2) is 9.84 Å². The molecule has 1 rings (SSSR count). The number of hydrogen-bond acceptors (Lipinski definition) is 3. The highest BCUT2D eigenvalue weighted by Gasteiger charge is 2.28. The van der Waals surface area contributed by atoms with Crippen LogP contribution >= 0.6 is 0 Å². The molecule has 1 aliphatic rings. The van der Waals surface area contributed by atoms with E-state index in [9.17, 15) is 8.42 Å². The van der Waals surface area contributed by atoms with Crippen LogP contribution < -0.4 is 0 Å². The van der Waals surface area contributed by atoms with Crippen molar-refractivity contribution in [2.45, 2.75) is 24.5 Å². The van der Waals surface area contributed by atoms with Gasteiger partial charge in [-0.15, -0.1) is 0 Å². The Labute approximate surface area is 73.3 Å². The highest BCUT2D eigenvalue weighted by Crippen LogP contribution is 2.19. The van der Waals surface area contributed by atoms with Crippen LogP contribution in [0.25, 0.3) is 0 Å². The van der Waals surface area contributed by atoms with Crippen molar-refractivity contribution < 1.29 is 13.2 Å². The van der Waals surface area contributed by atoms with Gasteiger partial charge in [-0.25, -0.2) is 8.42 Å². The molecule has 0 aromatic carbocycles. The summed E-state index contributed by atoms with van der Waals surface area (Å²) in [7, 11) is -2.87. The molecule has 0 saturated carbocycles. The molecule has 0 bridgehead atoms. The second-order valence-electron chi connectivity index (χ2n) is 2.98. The predicted octanol–water partition coefficient (Wildman–Crippen LogP) is 1.11. The Balaban J connectivity index is 2.54. The minimum Gasteiger partial charge on any atom is -0.500 e. The van der Waals surface area contributed by atoms with Crippen LogP contribution in [-0.4, -0.2) is 26.0 Å². The molecule has 0 aromatic heterocycles. The van der Waals surface area contributed by atoms with Gasteiger partial charge in [-0.05, 0) is 12.8 Å². The second-order valence-corrected chi connectivity index (χ2v) is 5.39. The summed E-state index contributed by atoms with van der Waals surface area (Å²) in [5.74, 6) is 0.318. The van der Waals surface area contributed by atoms with Gasteiger partial charge in [-0.3, -0.25) is 0 Å². The first kappa shape index (κ1) is 9.58. The van der Waals surface area contributed by atoms with Crippen molar-refractivity contribution in [1.29, 1.82) is 0 Å². The van der Waals surface area contributed by atoms with Gasteiger partial charge in [0, 0.05) is 0 Å². The maximum absolute atomic E-state index is 11.4. The van der Waals surface area contributed by atoms with Crippen LogP contribution in [0.15, 0.2) is 12.8 Å². The fourth-order valence-corrected chi connectivity index (χ4v) is 3.14. The van der Waals surface area contributed by atoms with Crippen LogP contribution in [0.5, 0.6) is 0 Å². The highest BCUT2D eigenvalue weighted by molar-refractivity contribution is 7.92.